The van der Waals surface area contributed by atoms with Gasteiger partial charge in [-0.2, -0.15) is 0 Å². The van der Waals surface area contributed by atoms with E-state index >= 15 is 0 Å². The van der Waals surface area contributed by atoms with Gasteiger partial charge in [0.25, 0.3) is 10.0 Å². The Morgan fingerprint density at radius 1 is 1.29 bits per heavy atom. The van der Waals surface area contributed by atoms with Crippen LogP contribution in [0.3, 0.4) is 0 Å². The number of rotatable bonds is 4. The second-order valence-electron chi connectivity index (χ2n) is 2.92. The number of methoxy groups -OCH3 is 1. The van der Waals surface area contributed by atoms with Gasteiger partial charge < -0.3 is 9.26 Å². The molecule has 0 atom stereocenters. The molecule has 2 rings (SSSR count). The molecule has 0 aliphatic carbocycles. The van der Waals surface area contributed by atoms with Gasteiger partial charge in [-0.1, -0.05) is 5.16 Å². The Balaban J connectivity index is 2.21. The number of nitrogens with one attached hydrogen (secondary N) is 1. The van der Waals surface area contributed by atoms with Crippen LogP contribution >= 0.6 is 0 Å². The predicted octanol–water partition coefficient (Wildman–Crippen LogP) is 0.274. The molecule has 90 valence electrons. The zero-order chi connectivity index (χ0) is 12.3. The molecule has 8 nitrogen and oxygen atoms in total. The second kappa shape index (κ2) is 4.37. The summed E-state index contributed by atoms with van der Waals surface area (Å²) in [6, 6.07) is 0.151. The molecular formula is C8H8N4O4S. The van der Waals surface area contributed by atoms with Crippen LogP contribution in [-0.2, 0) is 10.0 Å². The maximum absolute atomic E-state index is 11.7. The van der Waals surface area contributed by atoms with Gasteiger partial charge in [0.05, 0.1) is 31.4 Å². The average Bonchev–Trinajstić information content (AvgIpc) is 2.84. The first-order chi connectivity index (χ1) is 8.12. The van der Waals surface area contributed by atoms with E-state index in [9.17, 15) is 8.42 Å². The van der Waals surface area contributed by atoms with Crippen LogP contribution in [0.25, 0.3) is 0 Å². The number of ether oxygens (including phenoxy) is 1. The first-order valence-electron chi connectivity index (χ1n) is 4.40. The van der Waals surface area contributed by atoms with Crippen molar-refractivity contribution in [3.05, 3.63) is 24.9 Å². The second-order valence-corrected chi connectivity index (χ2v) is 4.61. The summed E-state index contributed by atoms with van der Waals surface area (Å²) in [5.74, 6) is 0. The highest BCUT2D eigenvalue weighted by atomic mass is 32.2. The molecule has 0 spiro atoms. The normalized spacial score (nSPS) is 11.1. The Morgan fingerprint density at radius 3 is 2.53 bits per heavy atom. The van der Waals surface area contributed by atoms with Gasteiger partial charge in [0.1, 0.15) is 11.2 Å². The number of sulfonamides is 1. The monoisotopic (exact) mass is 256 g/mol. The molecule has 0 bridgehead atoms. The smallest absolute Gasteiger partial charge is 0.316 e. The number of hydrogen-bond donors (Lipinski definition) is 1. The van der Waals surface area contributed by atoms with Crippen molar-refractivity contribution in [3.8, 4) is 6.01 Å². The summed E-state index contributed by atoms with van der Waals surface area (Å²) >= 11 is 0. The van der Waals surface area contributed by atoms with Crippen LogP contribution in [0.5, 0.6) is 6.01 Å². The fourth-order valence-electron chi connectivity index (χ4n) is 1.02. The van der Waals surface area contributed by atoms with Crippen molar-refractivity contribution in [2.75, 3.05) is 11.8 Å². The number of anilines is 1. The van der Waals surface area contributed by atoms with Crippen LogP contribution in [0.2, 0.25) is 0 Å². The van der Waals surface area contributed by atoms with E-state index in [-0.39, 0.29) is 16.6 Å². The molecule has 2 aromatic heterocycles. The highest BCUT2D eigenvalue weighted by molar-refractivity contribution is 7.92. The van der Waals surface area contributed by atoms with Crippen molar-refractivity contribution in [2.45, 2.75) is 4.90 Å². The lowest BCUT2D eigenvalue weighted by molar-refractivity contribution is 0.380. The largest absolute Gasteiger partial charge is 0.467 e. The lowest BCUT2D eigenvalue weighted by atomic mass is 10.6. The molecule has 0 unspecified atom stereocenters. The SMILES string of the molecule is COc1ncc(NS(=O)(=O)c2cnoc2)cn1. The van der Waals surface area contributed by atoms with Crippen molar-refractivity contribution < 1.29 is 17.7 Å². The standard InChI is InChI=1S/C8H8N4O4S/c1-15-8-9-2-6(3-10-8)12-17(13,14)7-4-11-16-5-7/h2-5,12H,1H3. The molecule has 0 saturated carbocycles. The van der Waals surface area contributed by atoms with Gasteiger partial charge in [-0.3, -0.25) is 4.72 Å². The van der Waals surface area contributed by atoms with Gasteiger partial charge in [-0.05, 0) is 0 Å². The molecule has 0 aliphatic rings. The Morgan fingerprint density at radius 2 is 2.00 bits per heavy atom. The minimum atomic E-state index is -3.72. The number of nitrogens with zero attached hydrogens (tertiary/aromatic N) is 3. The van der Waals surface area contributed by atoms with Gasteiger partial charge in [0, 0.05) is 0 Å². The van der Waals surface area contributed by atoms with Crippen LogP contribution in [0, 0.1) is 0 Å². The zero-order valence-electron chi connectivity index (χ0n) is 8.69. The van der Waals surface area contributed by atoms with Crippen molar-refractivity contribution in [1.29, 1.82) is 0 Å². The fraction of sp³-hybridized carbons (Fsp3) is 0.125. The molecule has 0 saturated heterocycles. The summed E-state index contributed by atoms with van der Waals surface area (Å²) in [6.07, 6.45) is 4.69. The van der Waals surface area contributed by atoms with E-state index in [4.69, 9.17) is 4.74 Å². The van der Waals surface area contributed by atoms with Gasteiger partial charge in [0.2, 0.25) is 0 Å². The van der Waals surface area contributed by atoms with Crippen LogP contribution in [0.1, 0.15) is 0 Å². The van der Waals surface area contributed by atoms with E-state index in [0.29, 0.717) is 0 Å². The Hall–Kier alpha value is -2.16. The summed E-state index contributed by atoms with van der Waals surface area (Å²) in [5.41, 5.74) is 0.215. The van der Waals surface area contributed by atoms with Gasteiger partial charge in [-0.25, -0.2) is 18.4 Å². The molecule has 0 radical (unpaired) electrons. The van der Waals surface area contributed by atoms with Gasteiger partial charge >= 0.3 is 6.01 Å². The summed E-state index contributed by atoms with van der Waals surface area (Å²) in [5, 5.41) is 3.31. The predicted molar refractivity (Wildman–Crippen MR) is 55.9 cm³/mol. The molecular weight excluding hydrogens is 248 g/mol. The first-order valence-corrected chi connectivity index (χ1v) is 5.88. The third-order valence-electron chi connectivity index (χ3n) is 1.78. The third-order valence-corrected chi connectivity index (χ3v) is 3.11. The third kappa shape index (κ3) is 2.50. The molecule has 2 aromatic rings. The molecule has 2 heterocycles. The molecule has 0 aliphatic heterocycles. The minimum absolute atomic E-state index is 0.0756. The number of hydrogen-bond acceptors (Lipinski definition) is 7. The lowest BCUT2D eigenvalue weighted by Crippen LogP contribution is -2.12. The molecule has 17 heavy (non-hydrogen) atoms. The van der Waals surface area contributed by atoms with Crippen LogP contribution in [0.15, 0.2) is 34.3 Å². The maximum atomic E-state index is 11.7. The maximum Gasteiger partial charge on any atom is 0.316 e. The van der Waals surface area contributed by atoms with Crippen molar-refractivity contribution in [2.24, 2.45) is 0 Å². The van der Waals surface area contributed by atoms with Crippen molar-refractivity contribution in [3.63, 3.8) is 0 Å². The average molecular weight is 256 g/mol. The van der Waals surface area contributed by atoms with Crippen LogP contribution < -0.4 is 9.46 Å². The number of aromatic nitrogens is 3. The molecule has 1 N–H and O–H groups in total. The summed E-state index contributed by atoms with van der Waals surface area (Å²) < 4.78 is 34.9. The Bertz CT molecular complexity index is 578. The molecule has 0 aromatic carbocycles. The lowest BCUT2D eigenvalue weighted by Gasteiger charge is -2.04. The quantitative estimate of drug-likeness (QED) is 0.836. The Kier molecular flexibility index (Phi) is 2.91. The topological polar surface area (TPSA) is 107 Å². The van der Waals surface area contributed by atoms with Crippen molar-refractivity contribution >= 4 is 15.7 Å². The molecule has 0 fully saturated rings. The van der Waals surface area contributed by atoms with Crippen LogP contribution in [0.4, 0.5) is 5.69 Å². The van der Waals surface area contributed by atoms with E-state index in [1.165, 1.54) is 19.5 Å². The van der Waals surface area contributed by atoms with E-state index in [1.807, 2.05) is 0 Å². The molecule has 0 amide bonds. The van der Waals surface area contributed by atoms with Crippen molar-refractivity contribution in [1.82, 2.24) is 15.1 Å². The fourth-order valence-corrected chi connectivity index (χ4v) is 1.90. The van der Waals surface area contributed by atoms with E-state index in [2.05, 4.69) is 24.4 Å². The highest BCUT2D eigenvalue weighted by Crippen LogP contribution is 2.14. The van der Waals surface area contributed by atoms with Gasteiger partial charge in [0.15, 0.2) is 0 Å². The van der Waals surface area contributed by atoms with E-state index in [1.54, 1.807) is 0 Å². The van der Waals surface area contributed by atoms with E-state index in [0.717, 1.165) is 12.5 Å². The summed E-state index contributed by atoms with van der Waals surface area (Å²) in [4.78, 5) is 7.45. The van der Waals surface area contributed by atoms with Gasteiger partial charge in [-0.15, -0.1) is 0 Å². The van der Waals surface area contributed by atoms with Crippen LogP contribution in [-0.4, -0.2) is 30.7 Å². The summed E-state index contributed by atoms with van der Waals surface area (Å²) in [6.45, 7) is 0. The molecule has 9 heteroatoms. The minimum Gasteiger partial charge on any atom is -0.467 e. The Labute approximate surface area is 96.7 Å². The van der Waals surface area contributed by atoms with E-state index < -0.39 is 10.0 Å². The first kappa shape index (κ1) is 11.3. The highest BCUT2D eigenvalue weighted by Gasteiger charge is 2.16. The zero-order valence-corrected chi connectivity index (χ0v) is 9.51. The summed E-state index contributed by atoms with van der Waals surface area (Å²) in [7, 11) is -2.30.